The topological polar surface area (TPSA) is 84.3 Å². The molecule has 6 nitrogen and oxygen atoms in total. The van der Waals surface area contributed by atoms with E-state index in [1.165, 1.54) is 24.3 Å². The molecule has 74 valence electrons. The average Bonchev–Trinajstić information content (AvgIpc) is 2.18. The molecule has 0 atom stereocenters. The molecule has 0 spiro atoms. The molecule has 0 heterocycles. The van der Waals surface area contributed by atoms with Gasteiger partial charge in [-0.15, -0.1) is 0 Å². The molecule has 1 amide bonds. The summed E-state index contributed by atoms with van der Waals surface area (Å²) >= 11 is 0. The van der Waals surface area contributed by atoms with Gasteiger partial charge in [0.15, 0.2) is 0 Å². The molecule has 1 aromatic carbocycles. The van der Waals surface area contributed by atoms with Crippen LogP contribution in [0.4, 0.5) is 5.69 Å². The molecule has 2 N–H and O–H groups in total. The smallest absolute Gasteiger partial charge is 0.269 e. The number of hydrogen-bond acceptors (Lipinski definition) is 4. The minimum absolute atomic E-state index is 0.0361. The van der Waals surface area contributed by atoms with Gasteiger partial charge < -0.3 is 0 Å². The summed E-state index contributed by atoms with van der Waals surface area (Å²) in [6, 6.07) is 5.35. The van der Waals surface area contributed by atoms with Crippen LogP contribution in [0.5, 0.6) is 0 Å². The highest BCUT2D eigenvalue weighted by atomic mass is 16.6. The SMILES string of the molecule is CNNC(=O)c1ccc([N+](=O)[O-])cc1. The van der Waals surface area contributed by atoms with E-state index in [9.17, 15) is 14.9 Å². The van der Waals surface area contributed by atoms with Gasteiger partial charge in [0, 0.05) is 24.7 Å². The molecule has 1 aromatic rings. The van der Waals surface area contributed by atoms with Crippen molar-refractivity contribution in [3.05, 3.63) is 39.9 Å². The maximum Gasteiger partial charge on any atom is 0.269 e. The van der Waals surface area contributed by atoms with E-state index in [4.69, 9.17) is 0 Å². The van der Waals surface area contributed by atoms with E-state index < -0.39 is 4.92 Å². The number of rotatable bonds is 3. The number of benzene rings is 1. The zero-order valence-electron chi connectivity index (χ0n) is 7.48. The maximum atomic E-state index is 11.2. The van der Waals surface area contributed by atoms with Gasteiger partial charge in [-0.1, -0.05) is 0 Å². The molecule has 0 fully saturated rings. The van der Waals surface area contributed by atoms with Crippen molar-refractivity contribution in [2.75, 3.05) is 7.05 Å². The fourth-order valence-corrected chi connectivity index (χ4v) is 0.920. The Morgan fingerprint density at radius 1 is 1.36 bits per heavy atom. The van der Waals surface area contributed by atoms with Crippen molar-refractivity contribution in [2.45, 2.75) is 0 Å². The van der Waals surface area contributed by atoms with E-state index in [0.29, 0.717) is 5.56 Å². The second kappa shape index (κ2) is 4.33. The summed E-state index contributed by atoms with van der Waals surface area (Å²) in [5.74, 6) is -0.331. The van der Waals surface area contributed by atoms with Crippen molar-refractivity contribution >= 4 is 11.6 Å². The lowest BCUT2D eigenvalue weighted by molar-refractivity contribution is -0.384. The number of hydrogen-bond donors (Lipinski definition) is 2. The van der Waals surface area contributed by atoms with Gasteiger partial charge in [-0.05, 0) is 12.1 Å². The Morgan fingerprint density at radius 2 is 1.93 bits per heavy atom. The highest BCUT2D eigenvalue weighted by molar-refractivity contribution is 5.93. The van der Waals surface area contributed by atoms with E-state index in [2.05, 4.69) is 10.9 Å². The van der Waals surface area contributed by atoms with Gasteiger partial charge in [0.25, 0.3) is 11.6 Å². The Labute approximate surface area is 80.0 Å². The van der Waals surface area contributed by atoms with Crippen molar-refractivity contribution < 1.29 is 9.72 Å². The number of nitrogens with one attached hydrogen (secondary N) is 2. The molecule has 14 heavy (non-hydrogen) atoms. The zero-order valence-corrected chi connectivity index (χ0v) is 7.48. The van der Waals surface area contributed by atoms with E-state index in [-0.39, 0.29) is 11.6 Å². The first-order valence-electron chi connectivity index (χ1n) is 3.86. The second-order valence-corrected chi connectivity index (χ2v) is 2.51. The van der Waals surface area contributed by atoms with Crippen LogP contribution in [0.15, 0.2) is 24.3 Å². The number of nitrogens with zero attached hydrogens (tertiary/aromatic N) is 1. The molecule has 0 saturated carbocycles. The third-order valence-electron chi connectivity index (χ3n) is 1.58. The molecule has 1 rings (SSSR count). The Hall–Kier alpha value is -1.95. The van der Waals surface area contributed by atoms with E-state index in [0.717, 1.165) is 0 Å². The summed E-state index contributed by atoms with van der Waals surface area (Å²) in [6.45, 7) is 0. The Kier molecular flexibility index (Phi) is 3.14. The van der Waals surface area contributed by atoms with E-state index >= 15 is 0 Å². The molecular weight excluding hydrogens is 186 g/mol. The number of amides is 1. The molecule has 6 heteroatoms. The summed E-state index contributed by atoms with van der Waals surface area (Å²) in [4.78, 5) is 21.0. The van der Waals surface area contributed by atoms with Crippen LogP contribution in [0.2, 0.25) is 0 Å². The Morgan fingerprint density at radius 3 is 2.36 bits per heavy atom. The van der Waals surface area contributed by atoms with Crippen LogP contribution in [0.25, 0.3) is 0 Å². The molecule has 0 saturated heterocycles. The van der Waals surface area contributed by atoms with Crippen LogP contribution in [-0.4, -0.2) is 17.9 Å². The van der Waals surface area contributed by atoms with E-state index in [1.807, 2.05) is 0 Å². The highest BCUT2D eigenvalue weighted by Gasteiger charge is 2.07. The summed E-state index contributed by atoms with van der Waals surface area (Å²) in [7, 11) is 1.56. The van der Waals surface area contributed by atoms with Crippen LogP contribution >= 0.6 is 0 Å². The van der Waals surface area contributed by atoms with Crippen molar-refractivity contribution in [1.29, 1.82) is 0 Å². The van der Waals surface area contributed by atoms with Gasteiger partial charge in [0.2, 0.25) is 0 Å². The standard InChI is InChI=1S/C8H9N3O3/c1-9-10-8(12)6-2-4-7(5-3-6)11(13)14/h2-5,9H,1H3,(H,10,12). The molecule has 0 aromatic heterocycles. The molecule has 0 aliphatic carbocycles. The average molecular weight is 195 g/mol. The fraction of sp³-hybridized carbons (Fsp3) is 0.125. The Bertz CT molecular complexity index is 347. The Balaban J connectivity index is 2.83. The van der Waals surface area contributed by atoms with E-state index in [1.54, 1.807) is 7.05 Å². The molecule has 0 aliphatic rings. The monoisotopic (exact) mass is 195 g/mol. The lowest BCUT2D eigenvalue weighted by Crippen LogP contribution is -2.33. The number of carbonyl (C=O) groups excluding carboxylic acids is 1. The van der Waals surface area contributed by atoms with Gasteiger partial charge in [-0.2, -0.15) is 0 Å². The molecule has 0 radical (unpaired) electrons. The second-order valence-electron chi connectivity index (χ2n) is 2.51. The first-order valence-corrected chi connectivity index (χ1v) is 3.86. The summed E-state index contributed by atoms with van der Waals surface area (Å²) in [5.41, 5.74) is 5.15. The summed E-state index contributed by atoms with van der Waals surface area (Å²) in [5, 5.41) is 10.3. The summed E-state index contributed by atoms with van der Waals surface area (Å²) in [6.07, 6.45) is 0. The lowest BCUT2D eigenvalue weighted by atomic mass is 10.2. The third kappa shape index (κ3) is 2.27. The minimum Gasteiger partial charge on any atom is -0.288 e. The number of nitro benzene ring substituents is 1. The highest BCUT2D eigenvalue weighted by Crippen LogP contribution is 2.11. The third-order valence-corrected chi connectivity index (χ3v) is 1.58. The normalized spacial score (nSPS) is 9.50. The molecular formula is C8H9N3O3. The number of carbonyl (C=O) groups is 1. The van der Waals surface area contributed by atoms with Crippen molar-refractivity contribution in [1.82, 2.24) is 10.9 Å². The maximum absolute atomic E-state index is 11.2. The molecule has 0 bridgehead atoms. The number of hydrazine groups is 1. The molecule has 0 aliphatic heterocycles. The quantitative estimate of drug-likeness (QED) is 0.542. The van der Waals surface area contributed by atoms with Gasteiger partial charge in [-0.3, -0.25) is 20.3 Å². The predicted octanol–water partition coefficient (Wildman–Crippen LogP) is 0.459. The first-order chi connectivity index (χ1) is 6.65. The van der Waals surface area contributed by atoms with Gasteiger partial charge in [-0.25, -0.2) is 5.43 Å². The molecule has 0 unspecified atom stereocenters. The van der Waals surface area contributed by atoms with Gasteiger partial charge in [0.1, 0.15) is 0 Å². The largest absolute Gasteiger partial charge is 0.288 e. The zero-order chi connectivity index (χ0) is 10.6. The minimum atomic E-state index is -0.514. The lowest BCUT2D eigenvalue weighted by Gasteiger charge is -2.01. The van der Waals surface area contributed by atoms with Crippen LogP contribution in [-0.2, 0) is 0 Å². The first kappa shape index (κ1) is 10.1. The van der Waals surface area contributed by atoms with Crippen molar-refractivity contribution in [3.8, 4) is 0 Å². The summed E-state index contributed by atoms with van der Waals surface area (Å²) < 4.78 is 0. The van der Waals surface area contributed by atoms with Crippen LogP contribution in [0.1, 0.15) is 10.4 Å². The van der Waals surface area contributed by atoms with Gasteiger partial charge in [0.05, 0.1) is 4.92 Å². The van der Waals surface area contributed by atoms with Crippen LogP contribution < -0.4 is 10.9 Å². The van der Waals surface area contributed by atoms with Crippen molar-refractivity contribution in [3.63, 3.8) is 0 Å². The van der Waals surface area contributed by atoms with Crippen molar-refractivity contribution in [2.24, 2.45) is 0 Å². The predicted molar refractivity (Wildman–Crippen MR) is 49.6 cm³/mol. The van der Waals surface area contributed by atoms with Crippen LogP contribution in [0.3, 0.4) is 0 Å². The number of non-ortho nitro benzene ring substituents is 1. The fourth-order valence-electron chi connectivity index (χ4n) is 0.920. The van der Waals surface area contributed by atoms with Gasteiger partial charge >= 0.3 is 0 Å². The number of nitro groups is 1. The van der Waals surface area contributed by atoms with Crippen LogP contribution in [0, 0.1) is 10.1 Å².